The molecule has 37 heavy (non-hydrogen) atoms. The fourth-order valence-corrected chi connectivity index (χ4v) is 5.88. The Balaban J connectivity index is 1.17. The van der Waals surface area contributed by atoms with E-state index in [1.54, 1.807) is 9.42 Å². The number of nitrogens with one attached hydrogen (secondary N) is 1. The van der Waals surface area contributed by atoms with Crippen molar-refractivity contribution in [3.63, 3.8) is 0 Å². The van der Waals surface area contributed by atoms with E-state index >= 15 is 0 Å². The summed E-state index contributed by atoms with van der Waals surface area (Å²) in [6, 6.07) is 11.4. The molecule has 2 amide bonds. The maximum atomic E-state index is 13.1. The monoisotopic (exact) mass is 501 g/mol. The molecule has 1 saturated carbocycles. The van der Waals surface area contributed by atoms with Crippen molar-refractivity contribution in [2.75, 3.05) is 38.1 Å². The topological polar surface area (TPSA) is 118 Å². The van der Waals surface area contributed by atoms with Gasteiger partial charge in [-0.05, 0) is 74.1 Å². The molecular formula is C27H31N7O3. The Morgan fingerprint density at radius 1 is 1.22 bits per heavy atom. The summed E-state index contributed by atoms with van der Waals surface area (Å²) in [6.45, 7) is 4.61. The summed E-state index contributed by atoms with van der Waals surface area (Å²) in [6.07, 6.45) is 6.39. The van der Waals surface area contributed by atoms with Gasteiger partial charge in [-0.2, -0.15) is 4.98 Å². The molecule has 1 aliphatic carbocycles. The van der Waals surface area contributed by atoms with E-state index in [1.165, 1.54) is 0 Å². The third-order valence-corrected chi connectivity index (χ3v) is 7.81. The second-order valence-electron chi connectivity index (χ2n) is 10.1. The number of amides is 2. The number of benzene rings is 1. The Bertz CT molecular complexity index is 1370. The van der Waals surface area contributed by atoms with Gasteiger partial charge < -0.3 is 25.6 Å². The minimum Gasteiger partial charge on any atom is -0.450 e. The molecule has 10 heteroatoms. The van der Waals surface area contributed by atoms with Gasteiger partial charge in [0.25, 0.3) is 5.91 Å². The fraction of sp³-hybridized carbons (Fsp3) is 0.407. The highest BCUT2D eigenvalue weighted by molar-refractivity contribution is 5.95. The molecule has 0 unspecified atom stereocenters. The second kappa shape index (κ2) is 9.19. The summed E-state index contributed by atoms with van der Waals surface area (Å²) in [5.41, 5.74) is 10.2. The minimum absolute atomic E-state index is 0.0507. The van der Waals surface area contributed by atoms with E-state index in [-0.39, 0.29) is 17.5 Å². The lowest BCUT2D eigenvalue weighted by Gasteiger charge is -2.41. The van der Waals surface area contributed by atoms with Crippen LogP contribution in [0.1, 0.15) is 42.1 Å². The van der Waals surface area contributed by atoms with Gasteiger partial charge in [-0.25, -0.2) is 9.31 Å². The molecule has 0 spiro atoms. The molecule has 10 nitrogen and oxygen atoms in total. The highest BCUT2D eigenvalue weighted by Crippen LogP contribution is 2.50. The van der Waals surface area contributed by atoms with Crippen molar-refractivity contribution in [1.82, 2.24) is 24.4 Å². The summed E-state index contributed by atoms with van der Waals surface area (Å²) in [7, 11) is 0. The first kappa shape index (κ1) is 23.5. The molecule has 0 radical (unpaired) electrons. The SMILES string of the molecule is CCOC(=O)N1CC=C(c2cccn3nc(Nc4ccc(C(=O)N5CC6CC5(CN)C6)cc4)nc23)CC1. The predicted octanol–water partition coefficient (Wildman–Crippen LogP) is 3.28. The van der Waals surface area contributed by atoms with Gasteiger partial charge in [0.15, 0.2) is 5.65 Å². The van der Waals surface area contributed by atoms with Crippen LogP contribution in [0, 0.1) is 5.92 Å². The number of carbonyl (C=O) groups is 2. The zero-order chi connectivity index (χ0) is 25.6. The number of anilines is 2. The van der Waals surface area contributed by atoms with E-state index in [0.29, 0.717) is 50.1 Å². The van der Waals surface area contributed by atoms with E-state index in [0.717, 1.165) is 41.9 Å². The number of fused-ring (bicyclic) bond motifs is 2. The molecule has 3 aromatic rings. The van der Waals surface area contributed by atoms with Gasteiger partial charge in [0.05, 0.1) is 12.1 Å². The highest BCUT2D eigenvalue weighted by atomic mass is 16.6. The van der Waals surface area contributed by atoms with Crippen molar-refractivity contribution < 1.29 is 14.3 Å². The Morgan fingerprint density at radius 3 is 2.73 bits per heavy atom. The van der Waals surface area contributed by atoms with Crippen LogP contribution in [0.4, 0.5) is 16.4 Å². The van der Waals surface area contributed by atoms with Crippen molar-refractivity contribution in [2.24, 2.45) is 11.7 Å². The fourth-order valence-electron chi connectivity index (χ4n) is 5.88. The summed E-state index contributed by atoms with van der Waals surface area (Å²) >= 11 is 0. The van der Waals surface area contributed by atoms with Crippen LogP contribution in [0.15, 0.2) is 48.7 Å². The average molecular weight is 502 g/mol. The molecule has 2 aromatic heterocycles. The van der Waals surface area contributed by atoms with Crippen LogP contribution in [0.5, 0.6) is 0 Å². The van der Waals surface area contributed by atoms with E-state index in [9.17, 15) is 9.59 Å². The van der Waals surface area contributed by atoms with Crippen molar-refractivity contribution in [1.29, 1.82) is 0 Å². The summed E-state index contributed by atoms with van der Waals surface area (Å²) in [5.74, 6) is 1.12. The quantitative estimate of drug-likeness (QED) is 0.532. The van der Waals surface area contributed by atoms with Gasteiger partial charge in [-0.3, -0.25) is 4.79 Å². The number of pyridine rings is 1. The summed E-state index contributed by atoms with van der Waals surface area (Å²) < 4.78 is 6.86. The van der Waals surface area contributed by atoms with Gasteiger partial charge in [0.1, 0.15) is 0 Å². The molecular weight excluding hydrogens is 470 g/mol. The Morgan fingerprint density at radius 2 is 2.03 bits per heavy atom. The van der Waals surface area contributed by atoms with E-state index in [1.807, 2.05) is 60.5 Å². The van der Waals surface area contributed by atoms with Crippen LogP contribution in [-0.4, -0.2) is 74.7 Å². The van der Waals surface area contributed by atoms with Crippen molar-refractivity contribution in [3.05, 3.63) is 59.8 Å². The first-order valence-electron chi connectivity index (χ1n) is 12.9. The number of carbonyl (C=O) groups excluding carboxylic acids is 2. The number of nitrogens with zero attached hydrogens (tertiary/aromatic N) is 5. The summed E-state index contributed by atoms with van der Waals surface area (Å²) in [5, 5.41) is 7.83. The van der Waals surface area contributed by atoms with Gasteiger partial charge in [-0.15, -0.1) is 5.10 Å². The maximum absolute atomic E-state index is 13.1. The molecule has 2 saturated heterocycles. The smallest absolute Gasteiger partial charge is 0.410 e. The van der Waals surface area contributed by atoms with Crippen molar-refractivity contribution in [2.45, 2.75) is 31.7 Å². The third kappa shape index (κ3) is 4.11. The molecule has 7 rings (SSSR count). The molecule has 1 aromatic carbocycles. The molecule has 3 N–H and O–H groups in total. The second-order valence-corrected chi connectivity index (χ2v) is 10.1. The summed E-state index contributed by atoms with van der Waals surface area (Å²) in [4.78, 5) is 33.5. The number of hydrogen-bond acceptors (Lipinski definition) is 7. The molecule has 5 heterocycles. The number of aromatic nitrogens is 3. The van der Waals surface area contributed by atoms with Crippen LogP contribution >= 0.6 is 0 Å². The molecule has 192 valence electrons. The van der Waals surface area contributed by atoms with E-state index in [4.69, 9.17) is 15.5 Å². The largest absolute Gasteiger partial charge is 0.450 e. The predicted molar refractivity (Wildman–Crippen MR) is 139 cm³/mol. The normalized spacial score (nSPS) is 22.5. The van der Waals surface area contributed by atoms with Crippen LogP contribution < -0.4 is 11.1 Å². The first-order valence-corrected chi connectivity index (χ1v) is 12.9. The lowest BCUT2D eigenvalue weighted by molar-refractivity contribution is 0.0585. The molecule has 0 atom stereocenters. The standard InChI is InChI=1S/C27H31N7O3/c1-2-37-26(36)32-12-9-19(10-13-32)22-4-3-11-34-23(22)30-25(31-34)29-21-7-5-20(6-8-21)24(35)33-16-18-14-27(33,15-18)17-28/h3-9,11,18H,2,10,12-17,28H2,1H3,(H,29,31). The van der Waals surface area contributed by atoms with Gasteiger partial charge in [-0.1, -0.05) is 6.08 Å². The minimum atomic E-state index is -0.284. The Kier molecular flexibility index (Phi) is 5.83. The first-order chi connectivity index (χ1) is 18.0. The Hall–Kier alpha value is -3.92. The van der Waals surface area contributed by atoms with Crippen molar-refractivity contribution in [3.8, 4) is 0 Å². The van der Waals surface area contributed by atoms with E-state index < -0.39 is 0 Å². The average Bonchev–Trinajstić information content (AvgIpc) is 3.60. The lowest BCUT2D eigenvalue weighted by atomic mass is 9.73. The Labute approximate surface area is 215 Å². The number of nitrogens with two attached hydrogens (primary N) is 1. The van der Waals surface area contributed by atoms with Gasteiger partial charge in [0, 0.05) is 49.2 Å². The van der Waals surface area contributed by atoms with E-state index in [2.05, 4.69) is 10.4 Å². The number of ether oxygens (including phenoxy) is 1. The molecule has 3 aliphatic heterocycles. The zero-order valence-electron chi connectivity index (χ0n) is 20.9. The van der Waals surface area contributed by atoms with Crippen LogP contribution in [0.2, 0.25) is 0 Å². The van der Waals surface area contributed by atoms with Gasteiger partial charge in [0.2, 0.25) is 5.95 Å². The molecule has 4 aliphatic rings. The number of hydrogen-bond donors (Lipinski definition) is 2. The van der Waals surface area contributed by atoms with Crippen molar-refractivity contribution >= 4 is 34.9 Å². The third-order valence-electron chi connectivity index (χ3n) is 7.81. The zero-order valence-corrected chi connectivity index (χ0v) is 20.9. The van der Waals surface area contributed by atoms with Crippen LogP contribution in [0.25, 0.3) is 11.2 Å². The van der Waals surface area contributed by atoms with Gasteiger partial charge >= 0.3 is 6.09 Å². The highest BCUT2D eigenvalue weighted by Gasteiger charge is 2.56. The maximum Gasteiger partial charge on any atom is 0.410 e. The molecule has 2 bridgehead atoms. The lowest BCUT2D eigenvalue weighted by Crippen LogP contribution is -2.53. The van der Waals surface area contributed by atoms with Crippen LogP contribution in [0.3, 0.4) is 0 Å². The number of rotatable bonds is 6. The van der Waals surface area contributed by atoms with Crippen LogP contribution in [-0.2, 0) is 4.74 Å². The molecule has 3 fully saturated rings.